The summed E-state index contributed by atoms with van der Waals surface area (Å²) in [6, 6.07) is 11.1. The molecule has 0 aliphatic rings. The smallest absolute Gasteiger partial charge is 0.229 e. The molecule has 0 aliphatic carbocycles. The first kappa shape index (κ1) is 12.0. The summed E-state index contributed by atoms with van der Waals surface area (Å²) in [5, 5.41) is 0. The molecule has 0 atom stereocenters. The highest BCUT2D eigenvalue weighted by Crippen LogP contribution is 2.29. The minimum absolute atomic E-state index is 0.264. The van der Waals surface area contributed by atoms with Gasteiger partial charge < -0.3 is 10.5 Å². The number of nitrogens with zero attached hydrogens (tertiary/aromatic N) is 1. The lowest BCUT2D eigenvalue weighted by atomic mass is 10.2. The first-order chi connectivity index (χ1) is 8.18. The van der Waals surface area contributed by atoms with Gasteiger partial charge in [0.15, 0.2) is 0 Å². The average molecular weight is 309 g/mol. The normalized spacial score (nSPS) is 9.94. The molecule has 3 nitrogen and oxygen atoms in total. The second-order valence-corrected chi connectivity index (χ2v) is 4.55. The summed E-state index contributed by atoms with van der Waals surface area (Å²) in [7, 11) is 0. The van der Waals surface area contributed by atoms with Crippen LogP contribution in [-0.4, -0.2) is 9.97 Å². The lowest BCUT2D eigenvalue weighted by Crippen LogP contribution is -2.11. The third kappa shape index (κ3) is 2.81. The minimum Gasteiger partial charge on any atom is -0.437 e. The standard InChI is InChI=1S/C12H9BrN2OS/c13-9-5-1-2-6-10(9)16-12-8(11(14)17)4-3-7-15-12/h1-7H,(H2,14,17). The Kier molecular flexibility index (Phi) is 3.71. The summed E-state index contributed by atoms with van der Waals surface area (Å²) >= 11 is 8.34. The molecule has 0 amide bonds. The molecule has 1 heterocycles. The summed E-state index contributed by atoms with van der Waals surface area (Å²) in [5.41, 5.74) is 6.23. The molecule has 2 N–H and O–H groups in total. The summed E-state index contributed by atoms with van der Waals surface area (Å²) in [6.07, 6.45) is 1.63. The van der Waals surface area contributed by atoms with E-state index in [0.717, 1.165) is 4.47 Å². The molecule has 17 heavy (non-hydrogen) atoms. The fraction of sp³-hybridized carbons (Fsp3) is 0. The Bertz CT molecular complexity index is 560. The zero-order valence-corrected chi connectivity index (χ0v) is 11.2. The number of thiocarbonyl (C=S) groups is 1. The highest BCUT2D eigenvalue weighted by molar-refractivity contribution is 9.10. The predicted octanol–water partition coefficient (Wildman–Crippen LogP) is 3.27. The van der Waals surface area contributed by atoms with Crippen molar-refractivity contribution in [2.45, 2.75) is 0 Å². The first-order valence-electron chi connectivity index (χ1n) is 4.85. The number of pyridine rings is 1. The van der Waals surface area contributed by atoms with Gasteiger partial charge in [0.25, 0.3) is 0 Å². The van der Waals surface area contributed by atoms with E-state index in [1.165, 1.54) is 0 Å². The van der Waals surface area contributed by atoms with E-state index in [2.05, 4.69) is 20.9 Å². The van der Waals surface area contributed by atoms with E-state index in [9.17, 15) is 0 Å². The van der Waals surface area contributed by atoms with E-state index in [4.69, 9.17) is 22.7 Å². The number of nitrogens with two attached hydrogens (primary N) is 1. The highest BCUT2D eigenvalue weighted by atomic mass is 79.9. The number of benzene rings is 1. The van der Waals surface area contributed by atoms with Gasteiger partial charge in [-0.1, -0.05) is 24.4 Å². The number of aromatic nitrogens is 1. The van der Waals surface area contributed by atoms with Gasteiger partial charge in [-0.2, -0.15) is 0 Å². The van der Waals surface area contributed by atoms with Crippen LogP contribution in [0, 0.1) is 0 Å². The van der Waals surface area contributed by atoms with Crippen LogP contribution in [0.3, 0.4) is 0 Å². The van der Waals surface area contributed by atoms with Gasteiger partial charge in [-0.05, 0) is 40.2 Å². The number of halogens is 1. The van der Waals surface area contributed by atoms with Gasteiger partial charge in [-0.3, -0.25) is 0 Å². The lowest BCUT2D eigenvalue weighted by molar-refractivity contribution is 0.459. The molecule has 5 heteroatoms. The molecule has 0 spiro atoms. The van der Waals surface area contributed by atoms with Crippen LogP contribution in [0.4, 0.5) is 0 Å². The maximum absolute atomic E-state index is 5.68. The van der Waals surface area contributed by atoms with Gasteiger partial charge in [0.1, 0.15) is 10.7 Å². The fourth-order valence-electron chi connectivity index (χ4n) is 1.29. The second-order valence-electron chi connectivity index (χ2n) is 3.25. The van der Waals surface area contributed by atoms with Crippen LogP contribution < -0.4 is 10.5 Å². The molecule has 86 valence electrons. The Hall–Kier alpha value is -1.46. The number of ether oxygens (including phenoxy) is 1. The van der Waals surface area contributed by atoms with E-state index >= 15 is 0 Å². The molecule has 0 radical (unpaired) electrons. The molecule has 0 bridgehead atoms. The fourth-order valence-corrected chi connectivity index (χ4v) is 1.81. The molecular weight excluding hydrogens is 300 g/mol. The van der Waals surface area contributed by atoms with Gasteiger partial charge >= 0.3 is 0 Å². The van der Waals surface area contributed by atoms with Crippen LogP contribution >= 0.6 is 28.1 Å². The summed E-state index contributed by atoms with van der Waals surface area (Å²) in [6.45, 7) is 0. The van der Waals surface area contributed by atoms with Crippen LogP contribution in [0.1, 0.15) is 5.56 Å². The van der Waals surface area contributed by atoms with E-state index in [-0.39, 0.29) is 4.99 Å². The Morgan fingerprint density at radius 2 is 2.00 bits per heavy atom. The molecule has 1 aromatic heterocycles. The number of hydrogen-bond acceptors (Lipinski definition) is 3. The lowest BCUT2D eigenvalue weighted by Gasteiger charge is -2.09. The molecule has 2 rings (SSSR count). The Morgan fingerprint density at radius 1 is 1.24 bits per heavy atom. The zero-order chi connectivity index (χ0) is 12.3. The molecule has 0 fully saturated rings. The SMILES string of the molecule is NC(=S)c1cccnc1Oc1ccccc1Br. The molecule has 2 aromatic rings. The summed E-state index contributed by atoms with van der Waals surface area (Å²) in [5.74, 6) is 1.08. The van der Waals surface area contributed by atoms with Crippen LogP contribution in [0.5, 0.6) is 11.6 Å². The number of para-hydroxylation sites is 1. The molecule has 0 saturated heterocycles. The van der Waals surface area contributed by atoms with Crippen molar-refractivity contribution in [2.75, 3.05) is 0 Å². The maximum atomic E-state index is 5.68. The first-order valence-corrected chi connectivity index (χ1v) is 6.06. The van der Waals surface area contributed by atoms with Crippen LogP contribution in [0.25, 0.3) is 0 Å². The minimum atomic E-state index is 0.264. The average Bonchev–Trinajstić information content (AvgIpc) is 2.32. The third-order valence-corrected chi connectivity index (χ3v) is 2.95. The second kappa shape index (κ2) is 5.25. The molecular formula is C12H9BrN2OS. The summed E-state index contributed by atoms with van der Waals surface area (Å²) < 4.78 is 6.52. The van der Waals surface area contributed by atoms with E-state index < -0.39 is 0 Å². The van der Waals surface area contributed by atoms with Gasteiger partial charge in [0.2, 0.25) is 5.88 Å². The van der Waals surface area contributed by atoms with E-state index in [0.29, 0.717) is 17.2 Å². The van der Waals surface area contributed by atoms with Crippen molar-refractivity contribution in [1.82, 2.24) is 4.98 Å². The Morgan fingerprint density at radius 3 is 2.71 bits per heavy atom. The molecule has 0 unspecified atom stereocenters. The quantitative estimate of drug-likeness (QED) is 0.884. The maximum Gasteiger partial charge on any atom is 0.229 e. The monoisotopic (exact) mass is 308 g/mol. The highest BCUT2D eigenvalue weighted by Gasteiger charge is 2.09. The van der Waals surface area contributed by atoms with Gasteiger partial charge in [0, 0.05) is 6.20 Å². The molecule has 0 aliphatic heterocycles. The van der Waals surface area contributed by atoms with Gasteiger partial charge in [-0.25, -0.2) is 4.98 Å². The van der Waals surface area contributed by atoms with Crippen molar-refractivity contribution >= 4 is 33.1 Å². The molecule has 0 saturated carbocycles. The number of hydrogen-bond donors (Lipinski definition) is 1. The van der Waals surface area contributed by atoms with E-state index in [1.54, 1.807) is 18.3 Å². The Labute approximate surface area is 113 Å². The van der Waals surface area contributed by atoms with Crippen molar-refractivity contribution in [2.24, 2.45) is 5.73 Å². The molecule has 1 aromatic carbocycles. The predicted molar refractivity (Wildman–Crippen MR) is 74.3 cm³/mol. The van der Waals surface area contributed by atoms with E-state index in [1.807, 2.05) is 24.3 Å². The topological polar surface area (TPSA) is 48.1 Å². The summed E-state index contributed by atoms with van der Waals surface area (Å²) in [4.78, 5) is 4.39. The van der Waals surface area contributed by atoms with Gasteiger partial charge in [-0.15, -0.1) is 0 Å². The van der Waals surface area contributed by atoms with Crippen LogP contribution in [-0.2, 0) is 0 Å². The zero-order valence-electron chi connectivity index (χ0n) is 8.76. The van der Waals surface area contributed by atoms with Gasteiger partial charge in [0.05, 0.1) is 10.0 Å². The van der Waals surface area contributed by atoms with Crippen molar-refractivity contribution in [3.63, 3.8) is 0 Å². The third-order valence-electron chi connectivity index (χ3n) is 2.08. The largest absolute Gasteiger partial charge is 0.437 e. The Balaban J connectivity index is 2.37. The van der Waals surface area contributed by atoms with Crippen molar-refractivity contribution in [3.8, 4) is 11.6 Å². The van der Waals surface area contributed by atoms with Crippen molar-refractivity contribution in [3.05, 3.63) is 52.6 Å². The number of rotatable bonds is 3. The van der Waals surface area contributed by atoms with Crippen molar-refractivity contribution < 1.29 is 4.74 Å². The van der Waals surface area contributed by atoms with Crippen LogP contribution in [0.15, 0.2) is 47.1 Å². The van der Waals surface area contributed by atoms with Crippen LogP contribution in [0.2, 0.25) is 0 Å². The van der Waals surface area contributed by atoms with Crippen molar-refractivity contribution in [1.29, 1.82) is 0 Å².